The number of carbonyl (C=O) groups is 1. The van der Waals surface area contributed by atoms with E-state index in [-0.39, 0.29) is 20.5 Å². The summed E-state index contributed by atoms with van der Waals surface area (Å²) in [5.74, 6) is -0.462. The molecule has 0 aliphatic rings. The number of hydrogen-bond acceptors (Lipinski definition) is 7. The number of amides is 1. The van der Waals surface area contributed by atoms with E-state index in [4.69, 9.17) is 11.5 Å². The Bertz CT molecular complexity index is 817. The Kier molecular flexibility index (Phi) is 4.61. The maximum absolute atomic E-state index is 12.7. The van der Waals surface area contributed by atoms with Crippen LogP contribution in [0.15, 0.2) is 36.8 Å². The van der Waals surface area contributed by atoms with Crippen molar-refractivity contribution in [3.8, 4) is 0 Å². The van der Waals surface area contributed by atoms with E-state index in [0.717, 1.165) is 11.3 Å². The molecule has 0 atom stereocenters. The molecule has 0 aliphatic carbocycles. The predicted octanol–water partition coefficient (Wildman–Crippen LogP) is 2.14. The molecule has 0 unspecified atom stereocenters. The first-order valence-corrected chi connectivity index (χ1v) is 9.73. The molecule has 0 fully saturated rings. The number of halogens is 1. The fourth-order valence-corrected chi connectivity index (χ4v) is 5.83. The number of carbonyl (C=O) groups excluding carboxylic acids is 1. The maximum Gasteiger partial charge on any atom is 0.258 e. The smallest absolute Gasteiger partial charge is 0.258 e. The van der Waals surface area contributed by atoms with Crippen LogP contribution < -0.4 is 11.5 Å². The number of pyridine rings is 1. The number of primary amides is 1. The molecule has 2 rings (SSSR count). The number of thiophene rings is 1. The van der Waals surface area contributed by atoms with Crippen LogP contribution in [0.1, 0.15) is 9.67 Å². The van der Waals surface area contributed by atoms with Crippen LogP contribution in [0.4, 0.5) is 5.82 Å². The van der Waals surface area contributed by atoms with E-state index in [1.807, 2.05) is 0 Å². The van der Waals surface area contributed by atoms with Crippen molar-refractivity contribution < 1.29 is 13.2 Å². The van der Waals surface area contributed by atoms with E-state index in [9.17, 15) is 13.2 Å². The number of rotatable bonds is 4. The normalized spacial score (nSPS) is 11.5. The van der Waals surface area contributed by atoms with Gasteiger partial charge in [-0.25, -0.2) is 13.4 Å². The number of hydrogen-bond donors (Lipinski definition) is 2. The van der Waals surface area contributed by atoms with Gasteiger partial charge in [0.1, 0.15) is 5.82 Å². The average molecular weight is 408 g/mol. The first-order valence-electron chi connectivity index (χ1n) is 5.41. The lowest BCUT2D eigenvalue weighted by atomic mass is 10.4. The van der Waals surface area contributed by atoms with Crippen LogP contribution in [0.5, 0.6) is 0 Å². The summed E-state index contributed by atoms with van der Waals surface area (Å²) in [6, 6.07) is 2.67. The lowest BCUT2D eigenvalue weighted by molar-refractivity contribution is 0.100. The lowest BCUT2D eigenvalue weighted by Crippen LogP contribution is -2.09. The zero-order valence-corrected chi connectivity index (χ0v) is 14.7. The van der Waals surface area contributed by atoms with Crippen LogP contribution in [0.2, 0.25) is 0 Å². The minimum Gasteiger partial charge on any atom is -0.383 e. The van der Waals surface area contributed by atoms with E-state index < -0.39 is 15.7 Å². The summed E-state index contributed by atoms with van der Waals surface area (Å²) in [5.41, 5.74) is 10.8. The number of anilines is 1. The highest BCUT2D eigenvalue weighted by Crippen LogP contribution is 2.37. The molecule has 0 saturated heterocycles. The first-order chi connectivity index (χ1) is 9.77. The molecule has 1 amide bonds. The highest BCUT2D eigenvalue weighted by atomic mass is 79.9. The van der Waals surface area contributed by atoms with Crippen molar-refractivity contribution >= 4 is 60.6 Å². The Morgan fingerprint density at radius 1 is 1.43 bits per heavy atom. The van der Waals surface area contributed by atoms with Crippen molar-refractivity contribution in [2.75, 3.05) is 12.0 Å². The van der Waals surface area contributed by atoms with Gasteiger partial charge in [0.15, 0.2) is 0 Å². The Morgan fingerprint density at radius 2 is 2.10 bits per heavy atom. The van der Waals surface area contributed by atoms with Gasteiger partial charge in [0, 0.05) is 6.20 Å². The molecule has 2 heterocycles. The molecular formula is C11H10BrN3O3S3. The number of sulfone groups is 1. The summed E-state index contributed by atoms with van der Waals surface area (Å²) >= 11 is 5.43. The third-order valence-electron chi connectivity index (χ3n) is 2.54. The van der Waals surface area contributed by atoms with E-state index in [1.54, 1.807) is 6.26 Å². The summed E-state index contributed by atoms with van der Waals surface area (Å²) in [4.78, 5) is 15.3. The third-order valence-corrected chi connectivity index (χ3v) is 7.46. The Hall–Kier alpha value is -1.10. The van der Waals surface area contributed by atoms with Crippen molar-refractivity contribution in [1.82, 2.24) is 4.98 Å². The number of aromatic nitrogens is 1. The van der Waals surface area contributed by atoms with Gasteiger partial charge in [0.05, 0.1) is 23.4 Å². The minimum absolute atomic E-state index is 0.00676. The topological polar surface area (TPSA) is 116 Å². The average Bonchev–Trinajstić information content (AvgIpc) is 2.86. The van der Waals surface area contributed by atoms with Gasteiger partial charge >= 0.3 is 0 Å². The van der Waals surface area contributed by atoms with Gasteiger partial charge in [-0.3, -0.25) is 4.79 Å². The Labute approximate surface area is 138 Å². The van der Waals surface area contributed by atoms with Crippen LogP contribution in [0.25, 0.3) is 0 Å². The zero-order chi connectivity index (χ0) is 15.8. The molecule has 21 heavy (non-hydrogen) atoms. The molecule has 0 aliphatic heterocycles. The quantitative estimate of drug-likeness (QED) is 0.749. The van der Waals surface area contributed by atoms with Crippen molar-refractivity contribution in [2.24, 2.45) is 5.73 Å². The highest BCUT2D eigenvalue weighted by molar-refractivity contribution is 9.10. The van der Waals surface area contributed by atoms with E-state index in [0.29, 0.717) is 8.68 Å². The van der Waals surface area contributed by atoms with Crippen LogP contribution in [-0.2, 0) is 9.84 Å². The zero-order valence-electron chi connectivity index (χ0n) is 10.7. The summed E-state index contributed by atoms with van der Waals surface area (Å²) in [7, 11) is -3.80. The Morgan fingerprint density at radius 3 is 2.62 bits per heavy atom. The second-order valence-electron chi connectivity index (χ2n) is 3.87. The number of nitrogens with zero attached hydrogens (tertiary/aromatic N) is 1. The Balaban J connectivity index is 2.63. The van der Waals surface area contributed by atoms with Crippen molar-refractivity contribution in [3.05, 3.63) is 27.7 Å². The molecule has 2 aromatic rings. The molecule has 0 aromatic carbocycles. The summed E-state index contributed by atoms with van der Waals surface area (Å²) in [6.45, 7) is 0. The predicted molar refractivity (Wildman–Crippen MR) is 86.4 cm³/mol. The standard InChI is InChI=1S/C11H10BrN3O3S3/c1-19-11-8(3-7(20-11)10(14)16)21(17,18)5-2-6(12)9(13)15-4-5/h2-4H,1H3,(H2,13,15)(H2,14,16). The largest absolute Gasteiger partial charge is 0.383 e. The van der Waals surface area contributed by atoms with Gasteiger partial charge in [-0.2, -0.15) is 0 Å². The molecular weight excluding hydrogens is 398 g/mol. The van der Waals surface area contributed by atoms with Crippen LogP contribution in [0.3, 0.4) is 0 Å². The van der Waals surface area contributed by atoms with Crippen LogP contribution >= 0.6 is 39.0 Å². The van der Waals surface area contributed by atoms with Crippen molar-refractivity contribution in [2.45, 2.75) is 14.0 Å². The van der Waals surface area contributed by atoms with Gasteiger partial charge in [0.2, 0.25) is 9.84 Å². The van der Waals surface area contributed by atoms with Gasteiger partial charge < -0.3 is 11.5 Å². The van der Waals surface area contributed by atoms with Crippen LogP contribution in [0, 0.1) is 0 Å². The highest BCUT2D eigenvalue weighted by Gasteiger charge is 2.26. The second-order valence-corrected chi connectivity index (χ2v) is 8.77. The number of nitrogens with two attached hydrogens (primary N) is 2. The molecule has 4 N–H and O–H groups in total. The van der Waals surface area contributed by atoms with Crippen LogP contribution in [-0.4, -0.2) is 25.6 Å². The minimum atomic E-state index is -3.80. The number of thioether (sulfide) groups is 1. The van der Waals surface area contributed by atoms with E-state index in [2.05, 4.69) is 20.9 Å². The molecule has 0 spiro atoms. The van der Waals surface area contributed by atoms with Crippen molar-refractivity contribution in [3.63, 3.8) is 0 Å². The summed E-state index contributed by atoms with van der Waals surface area (Å²) in [6.07, 6.45) is 2.91. The lowest BCUT2D eigenvalue weighted by Gasteiger charge is -2.05. The van der Waals surface area contributed by atoms with Gasteiger partial charge in [-0.15, -0.1) is 23.1 Å². The van der Waals surface area contributed by atoms with Gasteiger partial charge in [-0.1, -0.05) is 0 Å². The van der Waals surface area contributed by atoms with Gasteiger partial charge in [-0.05, 0) is 34.3 Å². The SMILES string of the molecule is CSc1sc(C(N)=O)cc1S(=O)(=O)c1cnc(N)c(Br)c1. The fourth-order valence-electron chi connectivity index (χ4n) is 1.51. The first kappa shape index (κ1) is 16.3. The van der Waals surface area contributed by atoms with Gasteiger partial charge in [0.25, 0.3) is 5.91 Å². The molecule has 0 radical (unpaired) electrons. The van der Waals surface area contributed by atoms with E-state index in [1.165, 1.54) is 30.1 Å². The molecule has 2 aromatic heterocycles. The summed E-state index contributed by atoms with van der Waals surface area (Å²) in [5, 5.41) is 0. The monoisotopic (exact) mass is 407 g/mol. The summed E-state index contributed by atoms with van der Waals surface area (Å²) < 4.78 is 26.2. The molecule has 112 valence electrons. The molecule has 6 nitrogen and oxygen atoms in total. The molecule has 10 heteroatoms. The fraction of sp³-hybridized carbons (Fsp3) is 0.0909. The van der Waals surface area contributed by atoms with E-state index >= 15 is 0 Å². The molecule has 0 saturated carbocycles. The maximum atomic E-state index is 12.7. The molecule has 0 bridgehead atoms. The third kappa shape index (κ3) is 3.07. The second kappa shape index (κ2) is 5.95. The number of nitrogen functional groups attached to an aromatic ring is 1. The van der Waals surface area contributed by atoms with Crippen molar-refractivity contribution in [1.29, 1.82) is 0 Å².